The molecule has 4 aromatic carbocycles. The molecule has 2 atom stereocenters. The van der Waals surface area contributed by atoms with Crippen molar-refractivity contribution in [2.24, 2.45) is 16.5 Å². The van der Waals surface area contributed by atoms with Crippen LogP contribution in [0.3, 0.4) is 0 Å². The minimum atomic E-state index is -1.57. The number of benzene rings is 4. The number of hydrogen-bond acceptors (Lipinski definition) is 12. The lowest BCUT2D eigenvalue weighted by Gasteiger charge is -2.39. The average Bonchev–Trinajstić information content (AvgIpc) is 3.10. The molecule has 1 aliphatic rings. The van der Waals surface area contributed by atoms with Crippen LogP contribution >= 0.6 is 11.6 Å². The summed E-state index contributed by atoms with van der Waals surface area (Å²) in [4.78, 5) is 14.4. The second-order valence-electron chi connectivity index (χ2n) is 12.0. The Hall–Kier alpha value is -5.73. The van der Waals surface area contributed by atoms with Gasteiger partial charge in [0, 0.05) is 34.1 Å². The average molecular weight is 709 g/mol. The van der Waals surface area contributed by atoms with Gasteiger partial charge in [0.1, 0.15) is 23.5 Å². The number of rotatable bonds is 11. The van der Waals surface area contributed by atoms with Crippen LogP contribution in [0, 0.1) is 12.7 Å². The second kappa shape index (κ2) is 15.0. The van der Waals surface area contributed by atoms with Crippen LogP contribution in [0.5, 0.6) is 0 Å². The highest BCUT2D eigenvalue weighted by Crippen LogP contribution is 2.38. The minimum Gasteiger partial charge on any atom is -0.399 e. The molecule has 0 aliphatic carbocycles. The largest absolute Gasteiger partial charge is 0.399 e. The monoisotopic (exact) mass is 708 g/mol. The van der Waals surface area contributed by atoms with E-state index in [9.17, 15) is 9.50 Å². The molecule has 51 heavy (non-hydrogen) atoms. The molecule has 12 N–H and O–H groups in total. The minimum absolute atomic E-state index is 0.0146. The van der Waals surface area contributed by atoms with E-state index in [0.717, 1.165) is 11.3 Å². The molecule has 6 rings (SSSR count). The molecule has 1 aliphatic heterocycles. The Bertz CT molecular complexity index is 2090. The fraction of sp³-hybridized carbons (Fsp3) is 0.162. The number of nitrogens with one attached hydrogen (secondary N) is 1. The van der Waals surface area contributed by atoms with Gasteiger partial charge >= 0.3 is 0 Å². The van der Waals surface area contributed by atoms with E-state index in [2.05, 4.69) is 20.3 Å². The molecule has 14 heteroatoms. The molecule has 262 valence electrons. The maximum absolute atomic E-state index is 14.8. The fourth-order valence-electron chi connectivity index (χ4n) is 5.86. The first-order valence-corrected chi connectivity index (χ1v) is 16.4. The van der Waals surface area contributed by atoms with Crippen molar-refractivity contribution in [3.63, 3.8) is 0 Å². The summed E-state index contributed by atoms with van der Waals surface area (Å²) < 4.78 is 20.7. The van der Waals surface area contributed by atoms with E-state index in [-0.39, 0.29) is 42.5 Å². The number of nitrogens with two attached hydrogens (primary N) is 5. The van der Waals surface area contributed by atoms with Gasteiger partial charge in [-0.15, -0.1) is 0 Å². The highest BCUT2D eigenvalue weighted by Gasteiger charge is 2.36. The number of anilines is 4. The standard InChI is InChI=1S/C37H38ClFN10O2/c1-20-3-2-4-24(31(20)39)18-51-19-28-29(22-9-15-27(16-10-22)45-17-21-5-11-25(38)12-6-21)34(42)49(37(44)46-28)35(50)32-30(33(41)48-36(43)47-32)23-7-13-26(40)14-8-23/h2-16,34-35,45,50H,17-19,40,42H2,1H3,(H2,44,46)(H4,41,43,47,48). The molecular formula is C37H38ClFN10O2. The van der Waals surface area contributed by atoms with Crippen molar-refractivity contribution in [1.82, 2.24) is 14.9 Å². The van der Waals surface area contributed by atoms with Crippen LogP contribution in [-0.2, 0) is 17.9 Å². The summed E-state index contributed by atoms with van der Waals surface area (Å²) in [5.74, 6) is -0.570. The van der Waals surface area contributed by atoms with Crippen molar-refractivity contribution < 1.29 is 14.2 Å². The molecule has 0 fully saturated rings. The Morgan fingerprint density at radius 2 is 1.59 bits per heavy atom. The van der Waals surface area contributed by atoms with Crippen LogP contribution in [-0.4, -0.2) is 38.7 Å². The summed E-state index contributed by atoms with van der Waals surface area (Å²) in [5.41, 5.74) is 37.7. The first-order chi connectivity index (χ1) is 24.5. The van der Waals surface area contributed by atoms with Gasteiger partial charge in [0.2, 0.25) is 5.95 Å². The Labute approximate surface area is 299 Å². The molecule has 12 nitrogen and oxygen atoms in total. The lowest BCUT2D eigenvalue weighted by atomic mass is 9.97. The zero-order valence-electron chi connectivity index (χ0n) is 27.7. The summed E-state index contributed by atoms with van der Waals surface area (Å²) in [6, 6.07) is 27.1. The van der Waals surface area contributed by atoms with Gasteiger partial charge in [0.05, 0.1) is 24.5 Å². The van der Waals surface area contributed by atoms with Crippen molar-refractivity contribution in [3.8, 4) is 11.1 Å². The van der Waals surface area contributed by atoms with Crippen molar-refractivity contribution in [2.75, 3.05) is 29.1 Å². The molecule has 0 amide bonds. The summed E-state index contributed by atoms with van der Waals surface area (Å²) in [7, 11) is 0. The van der Waals surface area contributed by atoms with Crippen LogP contribution in [0.2, 0.25) is 5.02 Å². The number of nitrogens with zero attached hydrogens (tertiary/aromatic N) is 4. The number of nitrogen functional groups attached to an aromatic ring is 3. The lowest BCUT2D eigenvalue weighted by Crippen LogP contribution is -2.54. The van der Waals surface area contributed by atoms with Crippen LogP contribution in [0.15, 0.2) is 102 Å². The summed E-state index contributed by atoms with van der Waals surface area (Å²) in [5, 5.41) is 16.0. The first-order valence-electron chi connectivity index (χ1n) is 16.0. The number of aryl methyl sites for hydroxylation is 1. The number of hydrogen-bond donors (Lipinski definition) is 7. The van der Waals surface area contributed by atoms with Crippen LogP contribution in [0.25, 0.3) is 16.7 Å². The number of aromatic nitrogens is 2. The number of ether oxygens (including phenoxy) is 1. The third-order valence-electron chi connectivity index (χ3n) is 8.48. The summed E-state index contributed by atoms with van der Waals surface area (Å²) in [6.45, 7) is 2.20. The molecule has 0 saturated carbocycles. The summed E-state index contributed by atoms with van der Waals surface area (Å²) in [6.07, 6.45) is -2.63. The predicted octanol–water partition coefficient (Wildman–Crippen LogP) is 5.14. The Morgan fingerprint density at radius 1 is 0.902 bits per heavy atom. The van der Waals surface area contributed by atoms with Gasteiger partial charge in [-0.25, -0.2) is 14.4 Å². The highest BCUT2D eigenvalue weighted by molar-refractivity contribution is 6.30. The number of aliphatic hydroxyl groups is 1. The lowest BCUT2D eigenvalue weighted by molar-refractivity contribution is 0.0342. The topological polar surface area (TPSA) is 213 Å². The normalized spacial score (nSPS) is 15.1. The van der Waals surface area contributed by atoms with Crippen molar-refractivity contribution in [1.29, 1.82) is 0 Å². The Kier molecular flexibility index (Phi) is 10.3. The quantitative estimate of drug-likeness (QED) is 0.0893. The Balaban J connectivity index is 1.34. The van der Waals surface area contributed by atoms with E-state index < -0.39 is 12.4 Å². The molecule has 2 unspecified atom stereocenters. The molecule has 0 bridgehead atoms. The van der Waals surface area contributed by atoms with Gasteiger partial charge < -0.3 is 43.8 Å². The van der Waals surface area contributed by atoms with E-state index in [1.54, 1.807) is 49.4 Å². The SMILES string of the molecule is Cc1cccc(COCC2=C(c3ccc(NCc4ccc(Cl)cc4)cc3)C(N)N(C(O)c3nc(N)nc(N)c3-c3ccc(N)cc3)C(N)=N2)c1F. The number of guanidine groups is 1. The fourth-order valence-corrected chi connectivity index (χ4v) is 5.99. The van der Waals surface area contributed by atoms with E-state index in [1.165, 1.54) is 4.90 Å². The van der Waals surface area contributed by atoms with E-state index in [1.807, 2.05) is 48.5 Å². The van der Waals surface area contributed by atoms with Gasteiger partial charge in [0.15, 0.2) is 12.2 Å². The maximum atomic E-state index is 14.8. The molecule has 1 aromatic heterocycles. The van der Waals surface area contributed by atoms with E-state index in [4.69, 9.17) is 45.0 Å². The molecule has 0 spiro atoms. The van der Waals surface area contributed by atoms with Gasteiger partial charge in [-0.2, -0.15) is 4.98 Å². The predicted molar refractivity (Wildman–Crippen MR) is 200 cm³/mol. The van der Waals surface area contributed by atoms with Crippen molar-refractivity contribution >= 4 is 46.3 Å². The second-order valence-corrected chi connectivity index (χ2v) is 12.4. The van der Waals surface area contributed by atoms with Gasteiger partial charge in [-0.3, -0.25) is 4.90 Å². The zero-order valence-corrected chi connectivity index (χ0v) is 28.5. The molecule has 5 aromatic rings. The number of aliphatic hydroxyl groups excluding tert-OH is 1. The van der Waals surface area contributed by atoms with Crippen LogP contribution in [0.4, 0.5) is 27.5 Å². The highest BCUT2D eigenvalue weighted by atomic mass is 35.5. The van der Waals surface area contributed by atoms with E-state index in [0.29, 0.717) is 56.3 Å². The molecule has 0 radical (unpaired) electrons. The van der Waals surface area contributed by atoms with Crippen LogP contribution < -0.4 is 34.0 Å². The smallest absolute Gasteiger partial charge is 0.222 e. The van der Waals surface area contributed by atoms with Crippen molar-refractivity contribution in [2.45, 2.75) is 32.5 Å². The molecular weight excluding hydrogens is 671 g/mol. The van der Waals surface area contributed by atoms with Crippen molar-refractivity contribution in [3.05, 3.63) is 135 Å². The summed E-state index contributed by atoms with van der Waals surface area (Å²) >= 11 is 6.03. The number of aliphatic imine (C=N–C) groups is 1. The van der Waals surface area contributed by atoms with Gasteiger partial charge in [-0.1, -0.05) is 66.2 Å². The van der Waals surface area contributed by atoms with Gasteiger partial charge in [-0.05, 0) is 65.6 Å². The maximum Gasteiger partial charge on any atom is 0.222 e. The Morgan fingerprint density at radius 3 is 2.29 bits per heavy atom. The molecule has 0 saturated heterocycles. The van der Waals surface area contributed by atoms with Gasteiger partial charge in [0.25, 0.3) is 0 Å². The van der Waals surface area contributed by atoms with Crippen LogP contribution in [0.1, 0.15) is 34.2 Å². The third-order valence-corrected chi connectivity index (χ3v) is 8.74. The first kappa shape index (κ1) is 35.1. The van der Waals surface area contributed by atoms with E-state index >= 15 is 0 Å². The molecule has 2 heterocycles. The third kappa shape index (κ3) is 7.71. The number of halogens is 2. The zero-order chi connectivity index (χ0) is 36.2.